The number of carbonyl (C=O) groups is 1. The molecule has 0 saturated heterocycles. The molecule has 1 saturated carbocycles. The molecule has 4 rings (SSSR count). The second-order valence-electron chi connectivity index (χ2n) is 5.77. The minimum atomic E-state index is -0.316. The Labute approximate surface area is 151 Å². The number of carbonyl (C=O) groups excluding carboxylic acids is 1. The maximum absolute atomic E-state index is 13.2. The second-order valence-corrected chi connectivity index (χ2v) is 7.68. The molecular formula is C17H11Cl2FN2OS. The first-order valence-electron chi connectivity index (χ1n) is 7.32. The highest BCUT2D eigenvalue weighted by Gasteiger charge is 2.44. The predicted octanol–water partition coefficient (Wildman–Crippen LogP) is 5.48. The average molecular weight is 381 g/mol. The van der Waals surface area contributed by atoms with E-state index in [9.17, 15) is 9.18 Å². The molecule has 24 heavy (non-hydrogen) atoms. The number of amides is 1. The summed E-state index contributed by atoms with van der Waals surface area (Å²) in [4.78, 5) is 16.7. The Balaban J connectivity index is 1.48. The minimum Gasteiger partial charge on any atom is -0.302 e. The van der Waals surface area contributed by atoms with Gasteiger partial charge < -0.3 is 5.32 Å². The summed E-state index contributed by atoms with van der Waals surface area (Å²) in [6, 6.07) is 9.72. The minimum absolute atomic E-state index is 0.0874. The van der Waals surface area contributed by atoms with Gasteiger partial charge in [-0.3, -0.25) is 4.79 Å². The van der Waals surface area contributed by atoms with Crippen molar-refractivity contribution in [1.29, 1.82) is 0 Å². The maximum atomic E-state index is 13.2. The number of nitrogens with one attached hydrogen (secondary N) is 1. The number of anilines is 1. The highest BCUT2D eigenvalue weighted by atomic mass is 35.5. The number of benzene rings is 2. The van der Waals surface area contributed by atoms with Gasteiger partial charge in [0.15, 0.2) is 5.13 Å². The van der Waals surface area contributed by atoms with Gasteiger partial charge in [0.05, 0.1) is 10.2 Å². The summed E-state index contributed by atoms with van der Waals surface area (Å²) in [6.45, 7) is 0. The Morgan fingerprint density at radius 2 is 1.96 bits per heavy atom. The Bertz CT molecular complexity index is 939. The molecule has 122 valence electrons. The lowest BCUT2D eigenvalue weighted by atomic mass is 10.1. The molecule has 0 radical (unpaired) electrons. The molecular weight excluding hydrogens is 370 g/mol. The third-order valence-corrected chi connectivity index (χ3v) is 5.39. The van der Waals surface area contributed by atoms with Gasteiger partial charge in [0.2, 0.25) is 5.91 Å². The number of thiazole rings is 1. The van der Waals surface area contributed by atoms with Crippen LogP contribution in [0.25, 0.3) is 10.2 Å². The number of hydrogen-bond donors (Lipinski definition) is 1. The van der Waals surface area contributed by atoms with E-state index in [2.05, 4.69) is 10.3 Å². The molecule has 7 heteroatoms. The molecule has 1 heterocycles. The zero-order valence-electron chi connectivity index (χ0n) is 12.2. The van der Waals surface area contributed by atoms with Crippen LogP contribution in [-0.2, 0) is 4.79 Å². The van der Waals surface area contributed by atoms with Gasteiger partial charge in [-0.25, -0.2) is 9.37 Å². The summed E-state index contributed by atoms with van der Waals surface area (Å²) in [5.74, 6) is -0.406. The molecule has 3 nitrogen and oxygen atoms in total. The van der Waals surface area contributed by atoms with Crippen molar-refractivity contribution in [3.8, 4) is 0 Å². The number of fused-ring (bicyclic) bond motifs is 1. The molecule has 0 unspecified atom stereocenters. The van der Waals surface area contributed by atoms with E-state index in [0.29, 0.717) is 25.4 Å². The second kappa shape index (κ2) is 5.99. The van der Waals surface area contributed by atoms with Crippen LogP contribution in [0.3, 0.4) is 0 Å². The van der Waals surface area contributed by atoms with E-state index in [4.69, 9.17) is 23.2 Å². The van der Waals surface area contributed by atoms with Crippen molar-refractivity contribution in [1.82, 2.24) is 4.98 Å². The van der Waals surface area contributed by atoms with Gasteiger partial charge in [-0.15, -0.1) is 0 Å². The van der Waals surface area contributed by atoms with E-state index in [0.717, 1.165) is 12.0 Å². The molecule has 1 amide bonds. The SMILES string of the molecule is O=C(Nc1nc2ccc(F)cc2s1)[C@H]1C[C@@H]1c1cc(Cl)cc(Cl)c1. The number of hydrogen-bond acceptors (Lipinski definition) is 3. The van der Waals surface area contributed by atoms with Crippen LogP contribution in [0.15, 0.2) is 36.4 Å². The van der Waals surface area contributed by atoms with Crippen LogP contribution >= 0.6 is 34.5 Å². The number of rotatable bonds is 3. The zero-order chi connectivity index (χ0) is 16.8. The van der Waals surface area contributed by atoms with Crippen LogP contribution in [0, 0.1) is 11.7 Å². The van der Waals surface area contributed by atoms with Gasteiger partial charge in [0.25, 0.3) is 0 Å². The van der Waals surface area contributed by atoms with Crippen molar-refractivity contribution >= 4 is 55.8 Å². The predicted molar refractivity (Wildman–Crippen MR) is 95.5 cm³/mol. The van der Waals surface area contributed by atoms with E-state index in [-0.39, 0.29) is 23.6 Å². The Hall–Kier alpha value is -1.69. The van der Waals surface area contributed by atoms with Crippen molar-refractivity contribution in [3.05, 3.63) is 57.8 Å². The number of nitrogens with zero attached hydrogens (tertiary/aromatic N) is 1. The van der Waals surface area contributed by atoms with Gasteiger partial charge in [-0.05, 0) is 54.3 Å². The molecule has 1 fully saturated rings. The Morgan fingerprint density at radius 3 is 2.71 bits per heavy atom. The van der Waals surface area contributed by atoms with Crippen LogP contribution in [0.4, 0.5) is 9.52 Å². The smallest absolute Gasteiger partial charge is 0.229 e. The monoisotopic (exact) mass is 380 g/mol. The summed E-state index contributed by atoms with van der Waals surface area (Å²) < 4.78 is 13.9. The van der Waals surface area contributed by atoms with E-state index in [1.165, 1.54) is 23.5 Å². The molecule has 1 aromatic heterocycles. The molecule has 3 aromatic rings. The fourth-order valence-corrected chi connectivity index (χ4v) is 4.23. The summed E-state index contributed by atoms with van der Waals surface area (Å²) >= 11 is 13.3. The van der Waals surface area contributed by atoms with Crippen LogP contribution < -0.4 is 5.32 Å². The largest absolute Gasteiger partial charge is 0.302 e. The highest BCUT2D eigenvalue weighted by molar-refractivity contribution is 7.22. The fraction of sp³-hybridized carbons (Fsp3) is 0.176. The molecule has 1 N–H and O–H groups in total. The van der Waals surface area contributed by atoms with E-state index >= 15 is 0 Å². The van der Waals surface area contributed by atoms with E-state index in [1.54, 1.807) is 12.1 Å². The van der Waals surface area contributed by atoms with Gasteiger partial charge in [0, 0.05) is 16.0 Å². The van der Waals surface area contributed by atoms with Crippen molar-refractivity contribution in [2.24, 2.45) is 5.92 Å². The van der Waals surface area contributed by atoms with Gasteiger partial charge in [-0.1, -0.05) is 34.5 Å². The van der Waals surface area contributed by atoms with E-state index in [1.807, 2.05) is 12.1 Å². The van der Waals surface area contributed by atoms with Crippen LogP contribution in [0.5, 0.6) is 0 Å². The third-order valence-electron chi connectivity index (χ3n) is 4.02. The molecule has 1 aliphatic carbocycles. The molecule has 0 bridgehead atoms. The first-order valence-corrected chi connectivity index (χ1v) is 8.90. The molecule has 0 aliphatic heterocycles. The van der Waals surface area contributed by atoms with Crippen molar-refractivity contribution in [2.75, 3.05) is 5.32 Å². The topological polar surface area (TPSA) is 42.0 Å². The summed E-state index contributed by atoms with van der Waals surface area (Å²) in [7, 11) is 0. The third kappa shape index (κ3) is 3.11. The number of halogens is 3. The standard InChI is InChI=1S/C17H11Cl2FN2OS/c18-9-3-8(4-10(19)5-9)12-7-13(12)16(23)22-17-21-14-2-1-11(20)6-15(14)24-17/h1-6,12-13H,7H2,(H,21,22,23)/t12-,13+/m1/s1. The first-order chi connectivity index (χ1) is 11.5. The van der Waals surface area contributed by atoms with Gasteiger partial charge in [-0.2, -0.15) is 0 Å². The lowest BCUT2D eigenvalue weighted by Gasteiger charge is -2.03. The fourth-order valence-electron chi connectivity index (χ4n) is 2.79. The summed E-state index contributed by atoms with van der Waals surface area (Å²) in [5, 5.41) is 4.44. The van der Waals surface area contributed by atoms with Crippen LogP contribution in [0.2, 0.25) is 10.0 Å². The quantitative estimate of drug-likeness (QED) is 0.652. The summed E-state index contributed by atoms with van der Waals surface area (Å²) in [5.41, 5.74) is 1.64. The molecule has 1 aliphatic rings. The molecule has 0 spiro atoms. The van der Waals surface area contributed by atoms with Gasteiger partial charge >= 0.3 is 0 Å². The highest BCUT2D eigenvalue weighted by Crippen LogP contribution is 2.49. The van der Waals surface area contributed by atoms with Crippen LogP contribution in [0.1, 0.15) is 17.9 Å². The van der Waals surface area contributed by atoms with Crippen molar-refractivity contribution in [2.45, 2.75) is 12.3 Å². The average Bonchev–Trinajstić information content (AvgIpc) is 3.21. The number of aromatic nitrogens is 1. The zero-order valence-corrected chi connectivity index (χ0v) is 14.6. The Morgan fingerprint density at radius 1 is 1.21 bits per heavy atom. The van der Waals surface area contributed by atoms with E-state index < -0.39 is 0 Å². The van der Waals surface area contributed by atoms with Gasteiger partial charge in [0.1, 0.15) is 5.82 Å². The summed E-state index contributed by atoms with van der Waals surface area (Å²) in [6.07, 6.45) is 0.752. The lowest BCUT2D eigenvalue weighted by Crippen LogP contribution is -2.14. The molecule has 2 atom stereocenters. The maximum Gasteiger partial charge on any atom is 0.229 e. The molecule has 2 aromatic carbocycles. The lowest BCUT2D eigenvalue weighted by molar-refractivity contribution is -0.117. The normalized spacial score (nSPS) is 19.5. The van der Waals surface area contributed by atoms with Crippen molar-refractivity contribution in [3.63, 3.8) is 0 Å². The van der Waals surface area contributed by atoms with Crippen LogP contribution in [-0.4, -0.2) is 10.9 Å². The first kappa shape index (κ1) is 15.8. The Kier molecular flexibility index (Phi) is 3.95. The van der Waals surface area contributed by atoms with Crippen molar-refractivity contribution < 1.29 is 9.18 Å².